The lowest BCUT2D eigenvalue weighted by atomic mass is 9.77. The number of fused-ring (bicyclic) bond motifs is 1. The smallest absolute Gasteiger partial charge is 0.160 e. The molecule has 0 spiro atoms. The minimum Gasteiger partial charge on any atom is -0.316 e. The molecule has 1 fully saturated rings. The van der Waals surface area contributed by atoms with E-state index in [0.717, 1.165) is 30.7 Å². The first-order valence-corrected chi connectivity index (χ1v) is 7.72. The molecule has 0 bridgehead atoms. The fraction of sp³-hybridized carbons (Fsp3) is 0.625. The molecule has 4 nitrogen and oxygen atoms in total. The quantitative estimate of drug-likeness (QED) is 0.934. The predicted octanol–water partition coefficient (Wildman–Crippen LogP) is 3.04. The summed E-state index contributed by atoms with van der Waals surface area (Å²) in [6, 6.07) is 4.43. The molecule has 0 amide bonds. The summed E-state index contributed by atoms with van der Waals surface area (Å²) in [6.45, 7) is 8.88. The van der Waals surface area contributed by atoms with Gasteiger partial charge in [-0.3, -0.25) is 0 Å². The van der Waals surface area contributed by atoms with Crippen molar-refractivity contribution in [3.8, 4) is 0 Å². The van der Waals surface area contributed by atoms with E-state index in [9.17, 15) is 0 Å². The van der Waals surface area contributed by atoms with E-state index in [0.29, 0.717) is 6.04 Å². The van der Waals surface area contributed by atoms with E-state index in [4.69, 9.17) is 4.98 Å². The summed E-state index contributed by atoms with van der Waals surface area (Å²) in [4.78, 5) is 9.52. The molecule has 1 atom stereocenters. The Morgan fingerprint density at radius 1 is 1.45 bits per heavy atom. The Hall–Kier alpha value is -1.42. The molecule has 0 radical (unpaired) electrons. The summed E-state index contributed by atoms with van der Waals surface area (Å²) in [5.74, 6) is 1.22. The highest BCUT2D eigenvalue weighted by molar-refractivity contribution is 5.71. The molecule has 3 rings (SSSR count). The second-order valence-corrected chi connectivity index (χ2v) is 6.16. The Bertz CT molecular complexity index is 594. The number of nitrogens with zero attached hydrogens (tertiary/aromatic N) is 3. The molecule has 1 N–H and O–H groups in total. The molecule has 0 saturated carbocycles. The maximum atomic E-state index is 4.96. The van der Waals surface area contributed by atoms with E-state index in [1.54, 1.807) is 0 Å². The molecule has 2 aromatic heterocycles. The average molecular weight is 272 g/mol. The van der Waals surface area contributed by atoms with Crippen LogP contribution in [0.25, 0.3) is 11.2 Å². The van der Waals surface area contributed by atoms with Gasteiger partial charge in [0.2, 0.25) is 0 Å². The highest BCUT2D eigenvalue weighted by Crippen LogP contribution is 2.36. The fourth-order valence-electron chi connectivity index (χ4n) is 3.41. The Balaban J connectivity index is 2.21. The van der Waals surface area contributed by atoms with Crippen LogP contribution in [0.4, 0.5) is 0 Å². The van der Waals surface area contributed by atoms with Crippen LogP contribution in [0.2, 0.25) is 0 Å². The summed E-state index contributed by atoms with van der Waals surface area (Å²) >= 11 is 0. The van der Waals surface area contributed by atoms with Crippen molar-refractivity contribution < 1.29 is 0 Å². The third kappa shape index (κ3) is 2.03. The first-order valence-electron chi connectivity index (χ1n) is 7.72. The van der Waals surface area contributed by atoms with Crippen molar-refractivity contribution in [2.75, 3.05) is 13.1 Å². The van der Waals surface area contributed by atoms with Gasteiger partial charge in [0.05, 0.1) is 0 Å². The second-order valence-electron chi connectivity index (χ2n) is 6.16. The number of nitrogens with one attached hydrogen (secondary N) is 1. The molecule has 108 valence electrons. The molecule has 0 aromatic carbocycles. The molecule has 1 saturated heterocycles. The number of piperidine rings is 1. The Labute approximate surface area is 120 Å². The van der Waals surface area contributed by atoms with E-state index in [1.165, 1.54) is 18.7 Å². The molecule has 3 heterocycles. The van der Waals surface area contributed by atoms with E-state index in [2.05, 4.69) is 41.7 Å². The third-order valence-electron chi connectivity index (χ3n) is 4.59. The molecule has 1 aliphatic heterocycles. The summed E-state index contributed by atoms with van der Waals surface area (Å²) in [7, 11) is 0. The van der Waals surface area contributed by atoms with Crippen LogP contribution >= 0.6 is 0 Å². The van der Waals surface area contributed by atoms with Crippen LogP contribution in [0.3, 0.4) is 0 Å². The summed E-state index contributed by atoms with van der Waals surface area (Å²) in [6.07, 6.45) is 5.43. The summed E-state index contributed by atoms with van der Waals surface area (Å²) in [5, 5.41) is 3.56. The molecule has 20 heavy (non-hydrogen) atoms. The summed E-state index contributed by atoms with van der Waals surface area (Å²) in [5.41, 5.74) is 2.20. The Morgan fingerprint density at radius 2 is 2.30 bits per heavy atom. The standard InChI is InChI=1S/C16H24N4/c1-4-16(8-6-9-17-11-16)15-19-13-7-5-10-18-14(13)20(15)12(2)3/h5,7,10,12,17H,4,6,8-9,11H2,1-3H3. The van der Waals surface area contributed by atoms with Gasteiger partial charge < -0.3 is 9.88 Å². The van der Waals surface area contributed by atoms with Gasteiger partial charge in [-0.1, -0.05) is 6.92 Å². The van der Waals surface area contributed by atoms with Gasteiger partial charge in [0.1, 0.15) is 11.3 Å². The first-order chi connectivity index (χ1) is 9.68. The SMILES string of the molecule is CCC1(c2nc3cccnc3n2C(C)C)CCCNC1. The summed E-state index contributed by atoms with van der Waals surface area (Å²) < 4.78 is 2.34. The van der Waals surface area contributed by atoms with Crippen molar-refractivity contribution in [1.29, 1.82) is 0 Å². The first kappa shape index (κ1) is 13.6. The number of rotatable bonds is 3. The van der Waals surface area contributed by atoms with Crippen LogP contribution < -0.4 is 5.32 Å². The minimum absolute atomic E-state index is 0.156. The minimum atomic E-state index is 0.156. The normalized spacial score (nSPS) is 23.6. The molecule has 2 aromatic rings. The van der Waals surface area contributed by atoms with Gasteiger partial charge in [-0.2, -0.15) is 0 Å². The van der Waals surface area contributed by atoms with Gasteiger partial charge in [-0.15, -0.1) is 0 Å². The number of pyridine rings is 1. The Morgan fingerprint density at radius 3 is 2.95 bits per heavy atom. The van der Waals surface area contributed by atoms with Gasteiger partial charge >= 0.3 is 0 Å². The van der Waals surface area contributed by atoms with Gasteiger partial charge in [0.15, 0.2) is 5.65 Å². The third-order valence-corrected chi connectivity index (χ3v) is 4.59. The van der Waals surface area contributed by atoms with Gasteiger partial charge in [-0.25, -0.2) is 9.97 Å². The molecular weight excluding hydrogens is 248 g/mol. The van der Waals surface area contributed by atoms with Gasteiger partial charge in [-0.05, 0) is 51.8 Å². The number of hydrogen-bond acceptors (Lipinski definition) is 3. The van der Waals surface area contributed by atoms with Crippen LogP contribution in [-0.4, -0.2) is 27.6 Å². The van der Waals surface area contributed by atoms with E-state index >= 15 is 0 Å². The van der Waals surface area contributed by atoms with Crippen LogP contribution in [0, 0.1) is 0 Å². The molecule has 4 heteroatoms. The largest absolute Gasteiger partial charge is 0.316 e. The molecule has 0 aliphatic carbocycles. The van der Waals surface area contributed by atoms with E-state index in [-0.39, 0.29) is 5.41 Å². The second kappa shape index (κ2) is 5.17. The van der Waals surface area contributed by atoms with Gasteiger partial charge in [0, 0.05) is 24.2 Å². The predicted molar refractivity (Wildman–Crippen MR) is 82.0 cm³/mol. The van der Waals surface area contributed by atoms with Crippen molar-refractivity contribution in [2.24, 2.45) is 0 Å². The van der Waals surface area contributed by atoms with Crippen LogP contribution in [0.15, 0.2) is 18.3 Å². The lowest BCUT2D eigenvalue weighted by Gasteiger charge is -2.37. The topological polar surface area (TPSA) is 42.7 Å². The zero-order valence-electron chi connectivity index (χ0n) is 12.7. The average Bonchev–Trinajstić information content (AvgIpc) is 2.88. The number of hydrogen-bond donors (Lipinski definition) is 1. The lowest BCUT2D eigenvalue weighted by molar-refractivity contribution is 0.276. The van der Waals surface area contributed by atoms with Crippen LogP contribution in [0.5, 0.6) is 0 Å². The van der Waals surface area contributed by atoms with E-state index < -0.39 is 0 Å². The van der Waals surface area contributed by atoms with Gasteiger partial charge in [0.25, 0.3) is 0 Å². The molecular formula is C16H24N4. The number of aromatic nitrogens is 3. The van der Waals surface area contributed by atoms with Crippen LogP contribution in [-0.2, 0) is 5.41 Å². The zero-order valence-corrected chi connectivity index (χ0v) is 12.7. The molecule has 1 aliphatic rings. The van der Waals surface area contributed by atoms with Crippen molar-refractivity contribution >= 4 is 11.2 Å². The van der Waals surface area contributed by atoms with Crippen molar-refractivity contribution in [3.63, 3.8) is 0 Å². The highest BCUT2D eigenvalue weighted by Gasteiger charge is 2.37. The zero-order chi connectivity index (χ0) is 14.2. The number of imidazole rings is 1. The van der Waals surface area contributed by atoms with Crippen molar-refractivity contribution in [2.45, 2.75) is 51.5 Å². The van der Waals surface area contributed by atoms with Crippen molar-refractivity contribution in [3.05, 3.63) is 24.2 Å². The maximum Gasteiger partial charge on any atom is 0.160 e. The van der Waals surface area contributed by atoms with Crippen LogP contribution in [0.1, 0.15) is 51.9 Å². The molecule has 1 unspecified atom stereocenters. The lowest BCUT2D eigenvalue weighted by Crippen LogP contribution is -2.44. The highest BCUT2D eigenvalue weighted by atomic mass is 15.2. The Kier molecular flexibility index (Phi) is 3.50. The fourth-order valence-corrected chi connectivity index (χ4v) is 3.41. The maximum absolute atomic E-state index is 4.96. The van der Waals surface area contributed by atoms with E-state index in [1.807, 2.05) is 12.3 Å². The van der Waals surface area contributed by atoms with Crippen molar-refractivity contribution in [1.82, 2.24) is 19.9 Å². The monoisotopic (exact) mass is 272 g/mol.